The maximum atomic E-state index is 12.8. The first-order chi connectivity index (χ1) is 13.1. The number of sulfonamides is 1. The minimum absolute atomic E-state index is 0.00543. The lowest BCUT2D eigenvalue weighted by molar-refractivity contribution is 0.100. The molecule has 1 fully saturated rings. The molecule has 0 saturated heterocycles. The predicted molar refractivity (Wildman–Crippen MR) is 106 cm³/mol. The van der Waals surface area contributed by atoms with Gasteiger partial charge in [-0.05, 0) is 36.5 Å². The van der Waals surface area contributed by atoms with E-state index in [1.165, 1.54) is 18.2 Å². The molecule has 28 heavy (non-hydrogen) atoms. The third-order valence-corrected chi connectivity index (χ3v) is 5.96. The summed E-state index contributed by atoms with van der Waals surface area (Å²) >= 11 is 0. The summed E-state index contributed by atoms with van der Waals surface area (Å²) in [5.74, 6) is -1.34. The predicted octanol–water partition coefficient (Wildman–Crippen LogP) is 1.54. The number of amides is 3. The normalized spacial score (nSPS) is 15.1. The van der Waals surface area contributed by atoms with Gasteiger partial charge in [0.1, 0.15) is 0 Å². The van der Waals surface area contributed by atoms with Crippen LogP contribution in [0.2, 0.25) is 0 Å². The molecule has 6 N–H and O–H groups in total. The Morgan fingerprint density at radius 3 is 2.36 bits per heavy atom. The first kappa shape index (κ1) is 21.7. The number of carbonyl (C=O) groups is 2. The summed E-state index contributed by atoms with van der Waals surface area (Å²) in [6.45, 7) is 3.63. The molecule has 0 atom stereocenters. The third-order valence-electron chi connectivity index (χ3n) is 4.57. The van der Waals surface area contributed by atoms with Crippen LogP contribution in [-0.2, 0) is 10.0 Å². The SMILES string of the molecule is CC(C)c1ccc(C(=O)N=C(N)N)cc1S(=O)(=O)NC(=O)NC1CCCCC1. The number of carbonyl (C=O) groups excluding carboxylic acids is 2. The van der Waals surface area contributed by atoms with Gasteiger partial charge in [0.2, 0.25) is 0 Å². The fourth-order valence-electron chi connectivity index (χ4n) is 3.20. The molecule has 0 heterocycles. The van der Waals surface area contributed by atoms with Crippen molar-refractivity contribution in [3.63, 3.8) is 0 Å². The minimum atomic E-state index is -4.20. The van der Waals surface area contributed by atoms with Crippen molar-refractivity contribution in [3.05, 3.63) is 29.3 Å². The molecule has 0 aromatic heterocycles. The van der Waals surface area contributed by atoms with E-state index < -0.39 is 27.9 Å². The molecular formula is C18H27N5O4S. The van der Waals surface area contributed by atoms with Crippen molar-refractivity contribution in [2.45, 2.75) is 62.8 Å². The number of benzene rings is 1. The number of rotatable bonds is 5. The van der Waals surface area contributed by atoms with Crippen LogP contribution in [0.15, 0.2) is 28.1 Å². The smallest absolute Gasteiger partial charge is 0.328 e. The number of guanidine groups is 1. The van der Waals surface area contributed by atoms with E-state index in [1.807, 2.05) is 18.6 Å². The van der Waals surface area contributed by atoms with Crippen LogP contribution in [0, 0.1) is 0 Å². The second kappa shape index (κ2) is 9.05. The molecule has 2 rings (SSSR count). The molecular weight excluding hydrogens is 382 g/mol. The quantitative estimate of drug-likeness (QED) is 0.427. The van der Waals surface area contributed by atoms with Gasteiger partial charge in [0, 0.05) is 11.6 Å². The van der Waals surface area contributed by atoms with E-state index in [0.717, 1.165) is 32.1 Å². The summed E-state index contributed by atoms with van der Waals surface area (Å²) in [5.41, 5.74) is 10.9. The van der Waals surface area contributed by atoms with Gasteiger partial charge in [-0.1, -0.05) is 39.2 Å². The standard InChI is InChI=1S/C18H27N5O4S/c1-11(2)14-9-8-12(16(24)22-17(19)20)10-15(14)28(26,27)23-18(25)21-13-6-4-3-5-7-13/h8-11,13H,3-7H2,1-2H3,(H2,21,23,25)(H4,19,20,22,24). The summed E-state index contributed by atoms with van der Waals surface area (Å²) in [4.78, 5) is 27.5. The summed E-state index contributed by atoms with van der Waals surface area (Å²) in [6, 6.07) is 3.34. The molecule has 0 aliphatic heterocycles. The lowest BCUT2D eigenvalue weighted by Crippen LogP contribution is -2.45. The average molecular weight is 410 g/mol. The van der Waals surface area contributed by atoms with Gasteiger partial charge in [-0.25, -0.2) is 17.9 Å². The zero-order valence-electron chi connectivity index (χ0n) is 16.1. The summed E-state index contributed by atoms with van der Waals surface area (Å²) in [5, 5.41) is 2.71. The molecule has 154 valence electrons. The summed E-state index contributed by atoms with van der Waals surface area (Å²) in [6.07, 6.45) is 4.78. The Kier molecular flexibility index (Phi) is 7.00. The fraction of sp³-hybridized carbons (Fsp3) is 0.500. The molecule has 0 radical (unpaired) electrons. The highest BCUT2D eigenvalue weighted by Crippen LogP contribution is 2.25. The lowest BCUT2D eigenvalue weighted by Gasteiger charge is -2.23. The molecule has 1 aliphatic carbocycles. The van der Waals surface area contributed by atoms with Gasteiger partial charge in [-0.15, -0.1) is 0 Å². The molecule has 9 nitrogen and oxygen atoms in total. The van der Waals surface area contributed by atoms with Gasteiger partial charge in [0.25, 0.3) is 15.9 Å². The molecule has 1 aliphatic rings. The number of hydrogen-bond donors (Lipinski definition) is 4. The van der Waals surface area contributed by atoms with Gasteiger partial charge in [0.15, 0.2) is 5.96 Å². The van der Waals surface area contributed by atoms with Crippen LogP contribution >= 0.6 is 0 Å². The van der Waals surface area contributed by atoms with Crippen molar-refractivity contribution in [2.24, 2.45) is 16.5 Å². The highest BCUT2D eigenvalue weighted by molar-refractivity contribution is 7.90. The number of nitrogens with zero attached hydrogens (tertiary/aromatic N) is 1. The second-order valence-electron chi connectivity index (χ2n) is 7.16. The highest BCUT2D eigenvalue weighted by atomic mass is 32.2. The zero-order chi connectivity index (χ0) is 20.9. The maximum Gasteiger partial charge on any atom is 0.328 e. The van der Waals surface area contributed by atoms with Crippen LogP contribution in [0.4, 0.5) is 4.79 Å². The van der Waals surface area contributed by atoms with E-state index in [2.05, 4.69) is 10.3 Å². The van der Waals surface area contributed by atoms with Gasteiger partial charge in [0.05, 0.1) is 4.90 Å². The van der Waals surface area contributed by atoms with E-state index in [1.54, 1.807) is 0 Å². The van der Waals surface area contributed by atoms with Gasteiger partial charge >= 0.3 is 6.03 Å². The van der Waals surface area contributed by atoms with Gasteiger partial charge in [-0.2, -0.15) is 4.99 Å². The molecule has 1 aromatic carbocycles. The van der Waals surface area contributed by atoms with E-state index in [9.17, 15) is 18.0 Å². The Bertz CT molecular complexity index is 870. The van der Waals surface area contributed by atoms with Crippen LogP contribution in [0.5, 0.6) is 0 Å². The molecule has 1 saturated carbocycles. The Balaban J connectivity index is 2.29. The molecule has 10 heteroatoms. The van der Waals surface area contributed by atoms with E-state index >= 15 is 0 Å². The van der Waals surface area contributed by atoms with Crippen molar-refractivity contribution < 1.29 is 18.0 Å². The fourth-order valence-corrected chi connectivity index (χ4v) is 4.51. The largest absolute Gasteiger partial charge is 0.370 e. The first-order valence-electron chi connectivity index (χ1n) is 9.21. The molecule has 0 bridgehead atoms. The Morgan fingerprint density at radius 2 is 1.79 bits per heavy atom. The van der Waals surface area contributed by atoms with Crippen LogP contribution in [-0.4, -0.2) is 32.4 Å². The number of aliphatic imine (C=N–C) groups is 1. The summed E-state index contributed by atoms with van der Waals surface area (Å²) < 4.78 is 27.7. The second-order valence-corrected chi connectivity index (χ2v) is 8.81. The van der Waals surface area contributed by atoms with Gasteiger partial charge < -0.3 is 16.8 Å². The van der Waals surface area contributed by atoms with Crippen molar-refractivity contribution in [1.29, 1.82) is 0 Å². The number of nitrogens with one attached hydrogen (secondary N) is 2. The first-order valence-corrected chi connectivity index (χ1v) is 10.7. The van der Waals surface area contributed by atoms with Crippen molar-refractivity contribution in [3.8, 4) is 0 Å². The Morgan fingerprint density at radius 1 is 1.14 bits per heavy atom. The average Bonchev–Trinajstić information content (AvgIpc) is 2.60. The van der Waals surface area contributed by atoms with E-state index in [0.29, 0.717) is 5.56 Å². The van der Waals surface area contributed by atoms with Gasteiger partial charge in [-0.3, -0.25) is 4.79 Å². The Labute approximate surface area is 165 Å². The molecule has 0 unspecified atom stereocenters. The maximum absolute atomic E-state index is 12.8. The number of urea groups is 1. The number of nitrogens with two attached hydrogens (primary N) is 2. The Hall–Kier alpha value is -2.62. The molecule has 1 aromatic rings. The highest BCUT2D eigenvalue weighted by Gasteiger charge is 2.25. The van der Waals surface area contributed by atoms with Crippen LogP contribution in [0.25, 0.3) is 0 Å². The zero-order valence-corrected chi connectivity index (χ0v) is 16.9. The monoisotopic (exact) mass is 409 g/mol. The van der Waals surface area contributed by atoms with Crippen molar-refractivity contribution >= 4 is 27.9 Å². The van der Waals surface area contributed by atoms with Crippen molar-refractivity contribution in [2.75, 3.05) is 0 Å². The van der Waals surface area contributed by atoms with Crippen LogP contribution in [0.1, 0.15) is 67.8 Å². The molecule has 0 spiro atoms. The minimum Gasteiger partial charge on any atom is -0.370 e. The number of hydrogen-bond acceptors (Lipinski definition) is 4. The third kappa shape index (κ3) is 5.69. The van der Waals surface area contributed by atoms with E-state index in [4.69, 9.17) is 11.5 Å². The van der Waals surface area contributed by atoms with Crippen LogP contribution in [0.3, 0.4) is 0 Å². The van der Waals surface area contributed by atoms with Crippen LogP contribution < -0.4 is 21.5 Å². The lowest BCUT2D eigenvalue weighted by atomic mass is 9.96. The van der Waals surface area contributed by atoms with E-state index in [-0.39, 0.29) is 22.4 Å². The molecule has 3 amide bonds. The van der Waals surface area contributed by atoms with Crippen molar-refractivity contribution in [1.82, 2.24) is 10.0 Å². The summed E-state index contributed by atoms with van der Waals surface area (Å²) in [7, 11) is -4.20. The topological polar surface area (TPSA) is 157 Å².